The smallest absolute Gasteiger partial charge is 0.419 e. The molecular formula is C16H17BrFNO3. The zero-order chi connectivity index (χ0) is 16.5. The summed E-state index contributed by atoms with van der Waals surface area (Å²) in [7, 11) is 1.39. The van der Waals surface area contributed by atoms with Crippen LogP contribution in [0.3, 0.4) is 0 Å². The van der Waals surface area contributed by atoms with E-state index in [1.54, 1.807) is 39.1 Å². The number of methoxy groups -OCH3 is 1. The molecule has 2 aromatic rings. The van der Waals surface area contributed by atoms with Crippen molar-refractivity contribution in [2.75, 3.05) is 7.11 Å². The van der Waals surface area contributed by atoms with Crippen LogP contribution in [-0.4, -0.2) is 23.4 Å². The fraction of sp³-hybridized carbons (Fsp3) is 0.312. The van der Waals surface area contributed by atoms with Gasteiger partial charge in [0.2, 0.25) is 0 Å². The quantitative estimate of drug-likeness (QED) is 0.759. The SMILES string of the molecule is COc1cc(-c2cc(Br)cn2C(=O)OC(C)(C)C)ccc1F. The van der Waals surface area contributed by atoms with Crippen LogP contribution in [0.5, 0.6) is 5.75 Å². The molecule has 0 N–H and O–H groups in total. The average molecular weight is 370 g/mol. The monoisotopic (exact) mass is 369 g/mol. The van der Waals surface area contributed by atoms with E-state index >= 15 is 0 Å². The number of carbonyl (C=O) groups excluding carboxylic acids is 1. The molecule has 0 amide bonds. The average Bonchev–Trinajstić information content (AvgIpc) is 2.79. The van der Waals surface area contributed by atoms with Crippen LogP contribution >= 0.6 is 15.9 Å². The third kappa shape index (κ3) is 3.68. The van der Waals surface area contributed by atoms with Gasteiger partial charge in [-0.2, -0.15) is 0 Å². The van der Waals surface area contributed by atoms with E-state index in [9.17, 15) is 9.18 Å². The van der Waals surface area contributed by atoms with Crippen molar-refractivity contribution in [3.05, 3.63) is 40.8 Å². The first-order valence-electron chi connectivity index (χ1n) is 6.66. The highest BCUT2D eigenvalue weighted by Crippen LogP contribution is 2.30. The zero-order valence-electron chi connectivity index (χ0n) is 12.8. The van der Waals surface area contributed by atoms with E-state index in [0.717, 1.165) is 4.47 Å². The fourth-order valence-electron chi connectivity index (χ4n) is 1.93. The van der Waals surface area contributed by atoms with Crippen molar-refractivity contribution < 1.29 is 18.7 Å². The molecule has 2 rings (SSSR count). The van der Waals surface area contributed by atoms with Crippen molar-refractivity contribution in [3.63, 3.8) is 0 Å². The van der Waals surface area contributed by atoms with Crippen LogP contribution in [0.15, 0.2) is 34.9 Å². The van der Waals surface area contributed by atoms with E-state index in [-0.39, 0.29) is 5.75 Å². The van der Waals surface area contributed by atoms with Crippen LogP contribution in [0.4, 0.5) is 9.18 Å². The Balaban J connectivity index is 2.46. The van der Waals surface area contributed by atoms with Gasteiger partial charge in [0.05, 0.1) is 12.8 Å². The van der Waals surface area contributed by atoms with E-state index in [0.29, 0.717) is 11.3 Å². The van der Waals surface area contributed by atoms with Crippen molar-refractivity contribution in [3.8, 4) is 17.0 Å². The van der Waals surface area contributed by atoms with Gasteiger partial charge in [-0.25, -0.2) is 9.18 Å². The lowest BCUT2D eigenvalue weighted by molar-refractivity contribution is 0.0540. The first-order chi connectivity index (χ1) is 10.2. The number of carbonyl (C=O) groups is 1. The summed E-state index contributed by atoms with van der Waals surface area (Å²) in [5.41, 5.74) is 0.625. The number of halogens is 2. The highest BCUT2D eigenvalue weighted by molar-refractivity contribution is 9.10. The maximum Gasteiger partial charge on any atom is 0.419 e. The van der Waals surface area contributed by atoms with Crippen LogP contribution in [0.2, 0.25) is 0 Å². The summed E-state index contributed by atoms with van der Waals surface area (Å²) in [6.07, 6.45) is 1.11. The molecule has 0 radical (unpaired) electrons. The lowest BCUT2D eigenvalue weighted by Crippen LogP contribution is -2.27. The van der Waals surface area contributed by atoms with Crippen LogP contribution < -0.4 is 4.74 Å². The Morgan fingerprint density at radius 3 is 2.55 bits per heavy atom. The molecular weight excluding hydrogens is 353 g/mol. The minimum atomic E-state index is -0.606. The fourth-order valence-corrected chi connectivity index (χ4v) is 2.36. The molecule has 0 saturated heterocycles. The lowest BCUT2D eigenvalue weighted by atomic mass is 10.1. The Morgan fingerprint density at radius 1 is 1.27 bits per heavy atom. The summed E-state index contributed by atoms with van der Waals surface area (Å²) in [5.74, 6) is -0.341. The summed E-state index contributed by atoms with van der Waals surface area (Å²) >= 11 is 3.34. The molecule has 0 fully saturated rings. The molecule has 1 aromatic carbocycles. The third-order valence-electron chi connectivity index (χ3n) is 2.82. The third-order valence-corrected chi connectivity index (χ3v) is 3.26. The van der Waals surface area contributed by atoms with Gasteiger partial charge in [-0.05, 0) is 61.0 Å². The van der Waals surface area contributed by atoms with Crippen molar-refractivity contribution in [1.82, 2.24) is 4.57 Å². The molecule has 22 heavy (non-hydrogen) atoms. The van der Waals surface area contributed by atoms with Gasteiger partial charge in [0.1, 0.15) is 5.60 Å². The summed E-state index contributed by atoms with van der Waals surface area (Å²) < 4.78 is 26.0. The molecule has 0 aliphatic heterocycles. The van der Waals surface area contributed by atoms with Crippen molar-refractivity contribution in [1.29, 1.82) is 0 Å². The largest absolute Gasteiger partial charge is 0.494 e. The second-order valence-electron chi connectivity index (χ2n) is 5.74. The molecule has 0 spiro atoms. The van der Waals surface area contributed by atoms with Gasteiger partial charge < -0.3 is 9.47 Å². The summed E-state index contributed by atoms with van der Waals surface area (Å²) in [6.45, 7) is 5.39. The van der Waals surface area contributed by atoms with Gasteiger partial charge in [0.25, 0.3) is 0 Å². The van der Waals surface area contributed by atoms with Crippen LogP contribution in [-0.2, 0) is 4.74 Å². The van der Waals surface area contributed by atoms with E-state index in [2.05, 4.69) is 15.9 Å². The topological polar surface area (TPSA) is 40.5 Å². The molecule has 0 saturated carbocycles. The van der Waals surface area contributed by atoms with Crippen molar-refractivity contribution in [2.24, 2.45) is 0 Å². The second-order valence-corrected chi connectivity index (χ2v) is 6.66. The van der Waals surface area contributed by atoms with Gasteiger partial charge in [0, 0.05) is 16.2 Å². The van der Waals surface area contributed by atoms with Crippen molar-refractivity contribution in [2.45, 2.75) is 26.4 Å². The predicted octanol–water partition coefficient (Wildman–Crippen LogP) is 4.85. The van der Waals surface area contributed by atoms with E-state index in [1.807, 2.05) is 0 Å². The Hall–Kier alpha value is -1.82. The number of hydrogen-bond donors (Lipinski definition) is 0. The van der Waals surface area contributed by atoms with Gasteiger partial charge in [-0.1, -0.05) is 0 Å². The summed E-state index contributed by atoms with van der Waals surface area (Å²) in [4.78, 5) is 12.3. The standard InChI is InChI=1S/C16H17BrFNO3/c1-16(2,3)22-15(20)19-9-11(17)8-13(19)10-5-6-12(18)14(7-10)21-4/h5-9H,1-4H3. The molecule has 0 aliphatic rings. The molecule has 0 unspecified atom stereocenters. The van der Waals surface area contributed by atoms with E-state index in [4.69, 9.17) is 9.47 Å². The highest BCUT2D eigenvalue weighted by atomic mass is 79.9. The molecule has 4 nitrogen and oxygen atoms in total. The van der Waals surface area contributed by atoms with E-state index in [1.165, 1.54) is 23.8 Å². The van der Waals surface area contributed by atoms with Crippen molar-refractivity contribution >= 4 is 22.0 Å². The van der Waals surface area contributed by atoms with Gasteiger partial charge in [-0.15, -0.1) is 0 Å². The number of rotatable bonds is 2. The molecule has 1 heterocycles. The number of aromatic nitrogens is 1. The zero-order valence-corrected chi connectivity index (χ0v) is 14.4. The maximum absolute atomic E-state index is 13.5. The Kier molecular flexibility index (Phi) is 4.60. The Labute approximate surface area is 137 Å². The minimum absolute atomic E-state index is 0.116. The molecule has 118 valence electrons. The van der Waals surface area contributed by atoms with Crippen LogP contribution in [0.1, 0.15) is 20.8 Å². The van der Waals surface area contributed by atoms with Gasteiger partial charge in [-0.3, -0.25) is 4.57 Å². The molecule has 1 aromatic heterocycles. The van der Waals surface area contributed by atoms with Crippen LogP contribution in [0, 0.1) is 5.82 Å². The van der Waals surface area contributed by atoms with Gasteiger partial charge in [0.15, 0.2) is 11.6 Å². The van der Waals surface area contributed by atoms with Crippen LogP contribution in [0.25, 0.3) is 11.3 Å². The molecule has 0 bridgehead atoms. The van der Waals surface area contributed by atoms with Gasteiger partial charge >= 0.3 is 6.09 Å². The first kappa shape index (κ1) is 16.5. The Bertz CT molecular complexity index is 704. The lowest BCUT2D eigenvalue weighted by Gasteiger charge is -2.20. The highest BCUT2D eigenvalue weighted by Gasteiger charge is 2.21. The number of hydrogen-bond acceptors (Lipinski definition) is 3. The first-order valence-corrected chi connectivity index (χ1v) is 7.46. The second kappa shape index (κ2) is 6.12. The molecule has 6 heteroatoms. The predicted molar refractivity (Wildman–Crippen MR) is 85.7 cm³/mol. The minimum Gasteiger partial charge on any atom is -0.494 e. The summed E-state index contributed by atoms with van der Waals surface area (Å²) in [5, 5.41) is 0. The normalized spacial score (nSPS) is 11.4. The summed E-state index contributed by atoms with van der Waals surface area (Å²) in [6, 6.07) is 6.18. The van der Waals surface area contributed by atoms with E-state index < -0.39 is 17.5 Å². The number of nitrogens with zero attached hydrogens (tertiary/aromatic N) is 1. The molecule has 0 aliphatic carbocycles. The number of benzene rings is 1. The molecule has 0 atom stereocenters. The Morgan fingerprint density at radius 2 is 1.95 bits per heavy atom. The number of ether oxygens (including phenoxy) is 2. The maximum atomic E-state index is 13.5.